The van der Waals surface area contributed by atoms with Gasteiger partial charge in [-0.25, -0.2) is 0 Å². The molecule has 0 unspecified atom stereocenters. The second kappa shape index (κ2) is 9.16. The first-order valence-electron chi connectivity index (χ1n) is 10.3. The largest absolute Gasteiger partial charge is 0.457 e. The molecule has 1 aliphatic rings. The number of ketones is 1. The van der Waals surface area contributed by atoms with Crippen LogP contribution in [0.4, 0.5) is 5.69 Å². The molecule has 6 nitrogen and oxygen atoms in total. The molecular formula is C25H28N2O4. The minimum absolute atomic E-state index is 0.0513. The molecule has 162 valence electrons. The Balaban J connectivity index is 1.64. The van der Waals surface area contributed by atoms with Crippen LogP contribution >= 0.6 is 0 Å². The van der Waals surface area contributed by atoms with Gasteiger partial charge < -0.3 is 15.0 Å². The van der Waals surface area contributed by atoms with E-state index in [0.717, 1.165) is 22.5 Å². The van der Waals surface area contributed by atoms with Gasteiger partial charge in [0.2, 0.25) is 5.91 Å². The molecule has 31 heavy (non-hydrogen) atoms. The van der Waals surface area contributed by atoms with Gasteiger partial charge in [-0.15, -0.1) is 0 Å². The number of allylic oxidation sites excluding steroid dienone is 1. The van der Waals surface area contributed by atoms with Gasteiger partial charge in [0.15, 0.2) is 12.4 Å². The summed E-state index contributed by atoms with van der Waals surface area (Å²) in [6.45, 7) is 5.19. The predicted molar refractivity (Wildman–Crippen MR) is 120 cm³/mol. The summed E-state index contributed by atoms with van der Waals surface area (Å²) < 4.78 is 5.23. The Labute approximate surface area is 182 Å². The van der Waals surface area contributed by atoms with Crippen molar-refractivity contribution in [1.29, 1.82) is 0 Å². The number of nitrogens with zero attached hydrogens (tertiary/aromatic N) is 1. The summed E-state index contributed by atoms with van der Waals surface area (Å²) in [5, 5.41) is 2.76. The zero-order chi connectivity index (χ0) is 22.6. The lowest BCUT2D eigenvalue weighted by atomic mass is 9.83. The van der Waals surface area contributed by atoms with Crippen LogP contribution in [0.15, 0.2) is 66.4 Å². The fourth-order valence-electron chi connectivity index (χ4n) is 4.01. The first-order valence-corrected chi connectivity index (χ1v) is 10.3. The van der Waals surface area contributed by atoms with Crippen molar-refractivity contribution in [3.05, 3.63) is 77.5 Å². The lowest BCUT2D eigenvalue weighted by Gasteiger charge is -2.24. The molecular weight excluding hydrogens is 392 g/mol. The Bertz CT molecular complexity index is 1010. The third-order valence-corrected chi connectivity index (χ3v) is 5.56. The Morgan fingerprint density at radius 1 is 1.06 bits per heavy atom. The van der Waals surface area contributed by atoms with E-state index >= 15 is 0 Å². The fourth-order valence-corrected chi connectivity index (χ4v) is 4.01. The summed E-state index contributed by atoms with van der Waals surface area (Å²) in [5.41, 5.74) is 3.54. The summed E-state index contributed by atoms with van der Waals surface area (Å²) in [4.78, 5) is 38.5. The fraction of sp³-hybridized carbons (Fsp3) is 0.320. The molecule has 1 N–H and O–H groups in total. The van der Waals surface area contributed by atoms with Gasteiger partial charge in [0.1, 0.15) is 0 Å². The van der Waals surface area contributed by atoms with Crippen molar-refractivity contribution >= 4 is 23.3 Å². The number of hydrogen-bond donors (Lipinski definition) is 1. The van der Waals surface area contributed by atoms with Crippen molar-refractivity contribution in [1.82, 2.24) is 5.32 Å². The van der Waals surface area contributed by atoms with Crippen LogP contribution in [0.25, 0.3) is 0 Å². The number of carbonyl (C=O) groups excluding carboxylic acids is 3. The molecule has 0 radical (unpaired) electrons. The zero-order valence-electron chi connectivity index (χ0n) is 18.3. The number of hydrogen-bond acceptors (Lipinski definition) is 5. The van der Waals surface area contributed by atoms with E-state index in [0.29, 0.717) is 0 Å². The molecule has 2 aromatic carbocycles. The van der Waals surface area contributed by atoms with Crippen LogP contribution in [0.5, 0.6) is 0 Å². The number of anilines is 1. The lowest BCUT2D eigenvalue weighted by molar-refractivity contribution is -0.147. The Morgan fingerprint density at radius 2 is 1.71 bits per heavy atom. The molecule has 3 rings (SSSR count). The molecule has 1 atom stereocenters. The second-order valence-corrected chi connectivity index (χ2v) is 8.23. The minimum atomic E-state index is -0.545. The lowest BCUT2D eigenvalue weighted by Crippen LogP contribution is -2.29. The monoisotopic (exact) mass is 420 g/mol. The number of para-hydroxylation sites is 1. The van der Waals surface area contributed by atoms with Gasteiger partial charge in [0.25, 0.3) is 0 Å². The van der Waals surface area contributed by atoms with Gasteiger partial charge >= 0.3 is 5.97 Å². The van der Waals surface area contributed by atoms with Crippen LogP contribution in [0.2, 0.25) is 0 Å². The highest BCUT2D eigenvalue weighted by atomic mass is 16.5. The molecule has 2 aromatic rings. The molecule has 6 heteroatoms. The number of carbonyl (C=O) groups is 3. The summed E-state index contributed by atoms with van der Waals surface area (Å²) in [7, 11) is 1.93. The number of ether oxygens (including phenoxy) is 1. The van der Waals surface area contributed by atoms with E-state index in [1.165, 1.54) is 6.92 Å². The first-order chi connectivity index (χ1) is 14.7. The van der Waals surface area contributed by atoms with Crippen molar-refractivity contribution in [3.63, 3.8) is 0 Å². The average molecular weight is 421 g/mol. The maximum Gasteiger partial charge on any atom is 0.308 e. The molecule has 0 aliphatic carbocycles. The third-order valence-electron chi connectivity index (χ3n) is 5.56. The maximum atomic E-state index is 12.6. The van der Waals surface area contributed by atoms with Crippen LogP contribution in [0, 0.1) is 0 Å². The third kappa shape index (κ3) is 5.02. The van der Waals surface area contributed by atoms with Crippen molar-refractivity contribution in [2.75, 3.05) is 18.6 Å². The van der Waals surface area contributed by atoms with Crippen LogP contribution in [0.1, 0.15) is 44.4 Å². The number of benzene rings is 2. The summed E-state index contributed by atoms with van der Waals surface area (Å²) >= 11 is 0. The molecule has 0 aromatic heterocycles. The zero-order valence-corrected chi connectivity index (χ0v) is 18.3. The standard InChI is InChI=1S/C25H28N2O4/c1-17(28)26-21(18-10-6-5-7-11-18)15-24(30)31-16-19(29)14-23-25(2,3)20-12-8-9-13-22(20)27(23)4/h5-14,21H,15-16H2,1-4H3,(H,26,28)/b23-14-/t21-/m0/s1. The predicted octanol–water partition coefficient (Wildman–Crippen LogP) is 3.68. The molecule has 1 heterocycles. The molecule has 1 amide bonds. The van der Waals surface area contributed by atoms with E-state index in [9.17, 15) is 14.4 Å². The van der Waals surface area contributed by atoms with E-state index in [1.54, 1.807) is 6.08 Å². The number of rotatable bonds is 7. The first kappa shape index (κ1) is 22.3. The highest BCUT2D eigenvalue weighted by molar-refractivity contribution is 5.94. The number of likely N-dealkylation sites (N-methyl/N-ethyl adjacent to an activating group) is 1. The number of amides is 1. The van der Waals surface area contributed by atoms with Gasteiger partial charge in [0, 0.05) is 36.8 Å². The van der Waals surface area contributed by atoms with Crippen LogP contribution < -0.4 is 10.2 Å². The Hall–Kier alpha value is -3.41. The molecule has 0 bridgehead atoms. The highest BCUT2D eigenvalue weighted by Gasteiger charge is 2.38. The van der Waals surface area contributed by atoms with Gasteiger partial charge in [-0.05, 0) is 17.2 Å². The molecule has 0 saturated heterocycles. The maximum absolute atomic E-state index is 12.6. The van der Waals surface area contributed by atoms with Gasteiger partial charge in [0.05, 0.1) is 12.5 Å². The molecule has 0 fully saturated rings. The summed E-state index contributed by atoms with van der Waals surface area (Å²) in [6.07, 6.45) is 1.50. The highest BCUT2D eigenvalue weighted by Crippen LogP contribution is 2.46. The Kier molecular flexibility index (Phi) is 6.59. The topological polar surface area (TPSA) is 75.7 Å². The Morgan fingerprint density at radius 3 is 2.35 bits per heavy atom. The van der Waals surface area contributed by atoms with E-state index in [1.807, 2.05) is 60.5 Å². The van der Waals surface area contributed by atoms with Crippen LogP contribution in [0.3, 0.4) is 0 Å². The molecule has 1 aliphatic heterocycles. The van der Waals surface area contributed by atoms with E-state index in [2.05, 4.69) is 25.2 Å². The van der Waals surface area contributed by atoms with E-state index < -0.39 is 12.0 Å². The van der Waals surface area contributed by atoms with Gasteiger partial charge in [-0.3, -0.25) is 14.4 Å². The second-order valence-electron chi connectivity index (χ2n) is 8.23. The van der Waals surface area contributed by atoms with Crippen molar-refractivity contribution in [3.8, 4) is 0 Å². The SMILES string of the molecule is CC(=O)N[C@@H](CC(=O)OCC(=O)/C=C1\N(C)c2ccccc2C1(C)C)c1ccccc1. The summed E-state index contributed by atoms with van der Waals surface area (Å²) in [6, 6.07) is 16.7. The molecule has 0 saturated carbocycles. The average Bonchev–Trinajstić information content (AvgIpc) is 2.93. The van der Waals surface area contributed by atoms with Gasteiger partial charge in [-0.2, -0.15) is 0 Å². The van der Waals surface area contributed by atoms with Crippen LogP contribution in [-0.2, 0) is 24.5 Å². The minimum Gasteiger partial charge on any atom is -0.457 e. The number of nitrogens with one attached hydrogen (secondary N) is 1. The quantitative estimate of drug-likeness (QED) is 0.546. The summed E-state index contributed by atoms with van der Waals surface area (Å²) in [5.74, 6) is -1.07. The van der Waals surface area contributed by atoms with Crippen LogP contribution in [-0.4, -0.2) is 31.3 Å². The van der Waals surface area contributed by atoms with Crippen molar-refractivity contribution < 1.29 is 19.1 Å². The smallest absolute Gasteiger partial charge is 0.308 e. The van der Waals surface area contributed by atoms with Gasteiger partial charge in [-0.1, -0.05) is 62.4 Å². The van der Waals surface area contributed by atoms with E-state index in [4.69, 9.17) is 4.74 Å². The van der Waals surface area contributed by atoms with E-state index in [-0.39, 0.29) is 30.1 Å². The van der Waals surface area contributed by atoms with Crippen molar-refractivity contribution in [2.24, 2.45) is 0 Å². The number of fused-ring (bicyclic) bond motifs is 1. The molecule has 0 spiro atoms. The van der Waals surface area contributed by atoms with Crippen molar-refractivity contribution in [2.45, 2.75) is 38.6 Å². The number of esters is 1. The normalized spacial score (nSPS) is 16.5.